The van der Waals surface area contributed by atoms with Crippen molar-refractivity contribution in [1.82, 2.24) is 0 Å². The second-order valence-electron chi connectivity index (χ2n) is 10.1. The van der Waals surface area contributed by atoms with E-state index >= 15 is 0 Å². The van der Waals surface area contributed by atoms with Crippen molar-refractivity contribution in [2.24, 2.45) is 0 Å². The van der Waals surface area contributed by atoms with Crippen molar-refractivity contribution >= 4 is 0 Å². The van der Waals surface area contributed by atoms with Crippen LogP contribution in [0.5, 0.6) is 0 Å². The van der Waals surface area contributed by atoms with Crippen LogP contribution in [0.1, 0.15) is 22.3 Å². The highest BCUT2D eigenvalue weighted by molar-refractivity contribution is 5.18. The molecule has 0 amide bonds. The molecular weight excluding hydrogens is 524 g/mol. The second kappa shape index (κ2) is 17.2. The van der Waals surface area contributed by atoms with Gasteiger partial charge in [-0.2, -0.15) is 0 Å². The van der Waals surface area contributed by atoms with Gasteiger partial charge in [0.1, 0.15) is 24.4 Å². The van der Waals surface area contributed by atoms with Gasteiger partial charge in [-0.25, -0.2) is 0 Å². The topological polar surface area (TPSA) is 57.2 Å². The number of rotatable bonds is 18. The minimum Gasteiger partial charge on any atom is -0.386 e. The summed E-state index contributed by atoms with van der Waals surface area (Å²) in [7, 11) is 0. The number of benzene rings is 4. The molecule has 5 nitrogen and oxygen atoms in total. The average Bonchev–Trinajstić information content (AvgIpc) is 3.05. The number of hydrogen-bond donors (Lipinski definition) is 1. The molecule has 0 aliphatic rings. The highest BCUT2D eigenvalue weighted by atomic mass is 16.6. The molecule has 1 unspecified atom stereocenters. The fourth-order valence-electron chi connectivity index (χ4n) is 4.57. The minimum atomic E-state index is -1.02. The Balaban J connectivity index is 1.60. The van der Waals surface area contributed by atoms with Gasteiger partial charge in [-0.05, 0) is 27.8 Å². The van der Waals surface area contributed by atoms with Crippen molar-refractivity contribution in [3.63, 3.8) is 0 Å². The predicted octanol–water partition coefficient (Wildman–Crippen LogP) is 7.06. The predicted molar refractivity (Wildman–Crippen MR) is 166 cm³/mol. The Morgan fingerprint density at radius 3 is 1.38 bits per heavy atom. The lowest BCUT2D eigenvalue weighted by atomic mass is 9.97. The Hall–Kier alpha value is -3.84. The quantitative estimate of drug-likeness (QED) is 0.131. The first-order valence-corrected chi connectivity index (χ1v) is 14.2. The monoisotopic (exact) mass is 564 g/mol. The van der Waals surface area contributed by atoms with Gasteiger partial charge in [-0.3, -0.25) is 0 Å². The largest absolute Gasteiger partial charge is 0.386 e. The lowest BCUT2D eigenvalue weighted by Gasteiger charge is -2.36. The van der Waals surface area contributed by atoms with E-state index in [1.54, 1.807) is 0 Å². The average molecular weight is 565 g/mol. The van der Waals surface area contributed by atoms with Crippen molar-refractivity contribution < 1.29 is 24.1 Å². The molecule has 0 aliphatic heterocycles. The summed E-state index contributed by atoms with van der Waals surface area (Å²) in [6.07, 6.45) is -1.72. The summed E-state index contributed by atoms with van der Waals surface area (Å²) in [5, 5.41) is 11.2. The highest BCUT2D eigenvalue weighted by Gasteiger charge is 2.37. The maximum atomic E-state index is 11.2. The number of hydrogen-bond acceptors (Lipinski definition) is 5. The van der Waals surface area contributed by atoms with Gasteiger partial charge in [0.15, 0.2) is 0 Å². The maximum absolute atomic E-state index is 11.2. The summed E-state index contributed by atoms with van der Waals surface area (Å²) in [6, 6.07) is 39.7. The van der Waals surface area contributed by atoms with Crippen LogP contribution in [0.4, 0.5) is 0 Å². The minimum absolute atomic E-state index is 0.245. The molecule has 0 saturated heterocycles. The Bertz CT molecular complexity index is 1310. The van der Waals surface area contributed by atoms with E-state index in [0.29, 0.717) is 25.4 Å². The molecule has 4 atom stereocenters. The zero-order valence-corrected chi connectivity index (χ0v) is 24.0. The Kier molecular flexibility index (Phi) is 12.7. The summed E-state index contributed by atoms with van der Waals surface area (Å²) >= 11 is 0. The first kappa shape index (κ1) is 31.1. The van der Waals surface area contributed by atoms with Crippen molar-refractivity contribution in [3.8, 4) is 0 Å². The van der Waals surface area contributed by atoms with Crippen molar-refractivity contribution in [3.05, 3.63) is 168 Å². The van der Waals surface area contributed by atoms with Gasteiger partial charge in [-0.1, -0.05) is 134 Å². The molecule has 0 saturated carbocycles. The van der Waals surface area contributed by atoms with Gasteiger partial charge in [0.05, 0.1) is 33.0 Å². The standard InChI is InChI=1S/C37H40O5/c1-3-34(38)36(41-27-32-20-12-6-13-21-32)37(42-28-33-22-14-7-15-23-33)35(40-26-31-18-10-5-11-19-31)29(2)24-39-25-30-16-8-4-9-17-30/h3-23,34-38H,1-2,24-28H2/t34?,35-,36+,37+/m1/s1. The van der Waals surface area contributed by atoms with Gasteiger partial charge >= 0.3 is 0 Å². The van der Waals surface area contributed by atoms with Gasteiger partial charge in [0.25, 0.3) is 0 Å². The highest BCUT2D eigenvalue weighted by Crippen LogP contribution is 2.25. The second-order valence-corrected chi connectivity index (χ2v) is 10.1. The van der Waals surface area contributed by atoms with E-state index in [1.165, 1.54) is 6.08 Å². The van der Waals surface area contributed by atoms with Crippen molar-refractivity contribution in [1.29, 1.82) is 0 Å². The number of aliphatic hydroxyl groups is 1. The van der Waals surface area contributed by atoms with Gasteiger partial charge < -0.3 is 24.1 Å². The molecule has 0 fully saturated rings. The molecule has 218 valence electrons. The Labute approximate surface area is 249 Å². The van der Waals surface area contributed by atoms with Gasteiger partial charge in [0.2, 0.25) is 0 Å². The van der Waals surface area contributed by atoms with Gasteiger partial charge in [-0.15, -0.1) is 6.58 Å². The summed E-state index contributed by atoms with van der Waals surface area (Å²) in [5.41, 5.74) is 4.73. The third kappa shape index (κ3) is 9.91. The molecule has 5 heteroatoms. The van der Waals surface area contributed by atoms with Crippen molar-refractivity contribution in [2.75, 3.05) is 6.61 Å². The molecule has 42 heavy (non-hydrogen) atoms. The normalized spacial score (nSPS) is 14.0. The first-order valence-electron chi connectivity index (χ1n) is 14.2. The van der Waals surface area contributed by atoms with Crippen LogP contribution in [-0.2, 0) is 45.4 Å². The smallest absolute Gasteiger partial charge is 0.117 e. The fraction of sp³-hybridized carbons (Fsp3) is 0.243. The van der Waals surface area contributed by atoms with Crippen LogP contribution >= 0.6 is 0 Å². The molecule has 4 rings (SSSR count). The SMILES string of the molecule is C=CC(O)[C@H](OCc1ccccc1)[C@@H](OCc1ccccc1)[C@H](OCc1ccccc1)C(=C)COCc1ccccc1. The van der Waals surface area contributed by atoms with Crippen LogP contribution in [0.3, 0.4) is 0 Å². The Morgan fingerprint density at radius 2 is 0.952 bits per heavy atom. The number of aliphatic hydroxyl groups excluding tert-OH is 1. The zero-order valence-electron chi connectivity index (χ0n) is 24.0. The van der Waals surface area contributed by atoms with E-state index in [9.17, 15) is 5.11 Å². The zero-order chi connectivity index (χ0) is 29.4. The molecule has 0 spiro atoms. The summed E-state index contributed by atoms with van der Waals surface area (Å²) in [5.74, 6) is 0. The van der Waals surface area contributed by atoms with E-state index in [2.05, 4.69) is 13.2 Å². The van der Waals surface area contributed by atoms with Crippen LogP contribution in [0, 0.1) is 0 Å². The lowest BCUT2D eigenvalue weighted by molar-refractivity contribution is -0.165. The number of ether oxygens (including phenoxy) is 4. The maximum Gasteiger partial charge on any atom is 0.117 e. The van der Waals surface area contributed by atoms with Crippen molar-refractivity contribution in [2.45, 2.75) is 50.8 Å². The summed E-state index contributed by atoms with van der Waals surface area (Å²) < 4.78 is 25.5. The molecule has 4 aromatic carbocycles. The van der Waals surface area contributed by atoms with E-state index in [0.717, 1.165) is 22.3 Å². The van der Waals surface area contributed by atoms with E-state index in [-0.39, 0.29) is 13.2 Å². The molecule has 1 N–H and O–H groups in total. The molecule has 0 bridgehead atoms. The van der Waals surface area contributed by atoms with Crippen LogP contribution in [0.15, 0.2) is 146 Å². The molecule has 4 aromatic rings. The summed E-state index contributed by atoms with van der Waals surface area (Å²) in [4.78, 5) is 0. The Morgan fingerprint density at radius 1 is 0.571 bits per heavy atom. The molecule has 0 heterocycles. The van der Waals surface area contributed by atoms with E-state index in [4.69, 9.17) is 18.9 Å². The van der Waals surface area contributed by atoms with E-state index < -0.39 is 24.4 Å². The van der Waals surface area contributed by atoms with E-state index in [1.807, 2.05) is 121 Å². The first-order chi connectivity index (χ1) is 20.6. The third-order valence-electron chi connectivity index (χ3n) is 6.84. The third-order valence-corrected chi connectivity index (χ3v) is 6.84. The van der Waals surface area contributed by atoms with Crippen LogP contribution < -0.4 is 0 Å². The molecular formula is C37H40O5. The molecule has 0 aliphatic carbocycles. The van der Waals surface area contributed by atoms with Crippen LogP contribution in [-0.4, -0.2) is 36.1 Å². The van der Waals surface area contributed by atoms with Gasteiger partial charge in [0, 0.05) is 0 Å². The molecule has 0 aromatic heterocycles. The molecule has 0 radical (unpaired) electrons. The fourth-order valence-corrected chi connectivity index (χ4v) is 4.57. The summed E-state index contributed by atoms with van der Waals surface area (Å²) in [6.45, 7) is 9.79. The lowest BCUT2D eigenvalue weighted by Crippen LogP contribution is -2.49. The van der Waals surface area contributed by atoms with Crippen LogP contribution in [0.2, 0.25) is 0 Å². The van der Waals surface area contributed by atoms with Crippen LogP contribution in [0.25, 0.3) is 0 Å².